The van der Waals surface area contributed by atoms with Crippen molar-refractivity contribution in [2.24, 2.45) is 0 Å². The Hall–Kier alpha value is -1.24. The summed E-state index contributed by atoms with van der Waals surface area (Å²) in [7, 11) is 0. The van der Waals surface area contributed by atoms with Crippen LogP contribution in [0.1, 0.15) is 36.5 Å². The lowest BCUT2D eigenvalue weighted by molar-refractivity contribution is 0.465. The predicted octanol–water partition coefficient (Wildman–Crippen LogP) is 3.55. The lowest BCUT2D eigenvalue weighted by Crippen LogP contribution is -1.93. The van der Waals surface area contributed by atoms with Gasteiger partial charge in [0.1, 0.15) is 5.75 Å². The third kappa shape index (κ3) is 2.16. The first kappa shape index (κ1) is 10.8. The Bertz CT molecular complexity index is 337. The van der Waals surface area contributed by atoms with Crippen molar-refractivity contribution < 1.29 is 5.11 Å². The molecule has 1 N–H and O–H groups in total. The number of hydrogen-bond acceptors (Lipinski definition) is 1. The molecule has 0 aliphatic carbocycles. The van der Waals surface area contributed by atoms with E-state index in [0.29, 0.717) is 11.7 Å². The van der Waals surface area contributed by atoms with E-state index in [2.05, 4.69) is 26.5 Å². The van der Waals surface area contributed by atoms with Crippen molar-refractivity contribution in [3.8, 4) is 5.75 Å². The highest BCUT2D eigenvalue weighted by molar-refractivity contribution is 5.44. The van der Waals surface area contributed by atoms with Gasteiger partial charge in [-0.2, -0.15) is 0 Å². The Morgan fingerprint density at radius 1 is 1.43 bits per heavy atom. The van der Waals surface area contributed by atoms with E-state index < -0.39 is 0 Å². The molecule has 1 aromatic carbocycles. The molecule has 0 atom stereocenters. The van der Waals surface area contributed by atoms with Crippen molar-refractivity contribution in [3.05, 3.63) is 41.5 Å². The molecule has 1 aromatic rings. The van der Waals surface area contributed by atoms with E-state index >= 15 is 0 Å². The zero-order chi connectivity index (χ0) is 10.7. The topological polar surface area (TPSA) is 20.2 Å². The van der Waals surface area contributed by atoms with Crippen molar-refractivity contribution in [2.75, 3.05) is 0 Å². The maximum atomic E-state index is 9.79. The molecule has 1 nitrogen and oxygen atoms in total. The third-order valence-electron chi connectivity index (χ3n) is 2.43. The third-order valence-corrected chi connectivity index (χ3v) is 2.43. The summed E-state index contributed by atoms with van der Waals surface area (Å²) in [5, 5.41) is 9.79. The van der Waals surface area contributed by atoms with E-state index in [1.54, 1.807) is 0 Å². The van der Waals surface area contributed by atoms with Crippen LogP contribution in [0.4, 0.5) is 0 Å². The lowest BCUT2D eigenvalue weighted by atomic mass is 9.96. The molecule has 0 radical (unpaired) electrons. The largest absolute Gasteiger partial charge is 0.507 e. The molecule has 0 saturated heterocycles. The highest BCUT2D eigenvalue weighted by Gasteiger charge is 2.07. The highest BCUT2D eigenvalue weighted by atomic mass is 16.3. The average Bonchev–Trinajstić information content (AvgIpc) is 2.12. The fourth-order valence-electron chi connectivity index (χ4n) is 1.53. The van der Waals surface area contributed by atoms with Crippen LogP contribution >= 0.6 is 0 Å². The Labute approximate surface area is 86.1 Å². The number of phenols is 1. The molecule has 76 valence electrons. The summed E-state index contributed by atoms with van der Waals surface area (Å²) in [4.78, 5) is 0. The summed E-state index contributed by atoms with van der Waals surface area (Å²) in [5.41, 5.74) is 3.20. The molecular weight excluding hydrogens is 172 g/mol. The quantitative estimate of drug-likeness (QED) is 0.723. The fraction of sp³-hybridized carbons (Fsp3) is 0.385. The van der Waals surface area contributed by atoms with Gasteiger partial charge in [0.25, 0.3) is 0 Å². The highest BCUT2D eigenvalue weighted by Crippen LogP contribution is 2.27. The van der Waals surface area contributed by atoms with Gasteiger partial charge in [-0.3, -0.25) is 0 Å². The maximum Gasteiger partial charge on any atom is 0.122 e. The van der Waals surface area contributed by atoms with Gasteiger partial charge in [-0.25, -0.2) is 0 Å². The van der Waals surface area contributed by atoms with Crippen molar-refractivity contribution in [1.29, 1.82) is 0 Å². The van der Waals surface area contributed by atoms with Gasteiger partial charge in [-0.15, -0.1) is 6.58 Å². The lowest BCUT2D eigenvalue weighted by Gasteiger charge is -2.11. The minimum absolute atomic E-state index is 0.411. The van der Waals surface area contributed by atoms with Gasteiger partial charge in [-0.05, 0) is 36.0 Å². The number of allylic oxidation sites excluding steroid dienone is 1. The van der Waals surface area contributed by atoms with E-state index in [1.807, 2.05) is 19.1 Å². The number of benzene rings is 1. The van der Waals surface area contributed by atoms with Crippen LogP contribution in [0.3, 0.4) is 0 Å². The molecule has 0 aliphatic heterocycles. The standard InChI is InChI=1S/C13H18O/c1-5-6-11-8-12(9(2)3)7-10(4)13(11)14/h5,7-9,14H,1,6H2,2-4H3. The first-order valence-corrected chi connectivity index (χ1v) is 4.99. The average molecular weight is 190 g/mol. The monoisotopic (exact) mass is 190 g/mol. The van der Waals surface area contributed by atoms with Crippen LogP contribution in [-0.2, 0) is 6.42 Å². The molecule has 1 heteroatoms. The normalized spacial score (nSPS) is 10.6. The number of aryl methyl sites for hydroxylation is 1. The van der Waals surface area contributed by atoms with Crippen molar-refractivity contribution in [1.82, 2.24) is 0 Å². The molecule has 0 bridgehead atoms. The molecule has 0 amide bonds. The SMILES string of the molecule is C=CCc1cc(C(C)C)cc(C)c1O. The first-order valence-electron chi connectivity index (χ1n) is 4.99. The Morgan fingerprint density at radius 3 is 2.57 bits per heavy atom. The van der Waals surface area contributed by atoms with Gasteiger partial charge in [0.05, 0.1) is 0 Å². The number of rotatable bonds is 3. The number of aromatic hydroxyl groups is 1. The summed E-state index contributed by atoms with van der Waals surface area (Å²) >= 11 is 0. The fourth-order valence-corrected chi connectivity index (χ4v) is 1.53. The second-order valence-corrected chi connectivity index (χ2v) is 3.99. The summed E-state index contributed by atoms with van der Waals surface area (Å²) < 4.78 is 0. The second-order valence-electron chi connectivity index (χ2n) is 3.99. The molecule has 14 heavy (non-hydrogen) atoms. The summed E-state index contributed by atoms with van der Waals surface area (Å²) in [6.07, 6.45) is 2.55. The maximum absolute atomic E-state index is 9.79. The second kappa shape index (κ2) is 4.32. The van der Waals surface area contributed by atoms with Gasteiger partial charge in [-0.1, -0.05) is 32.1 Å². The first-order chi connectivity index (χ1) is 6.56. The van der Waals surface area contributed by atoms with E-state index in [-0.39, 0.29) is 0 Å². The molecule has 0 fully saturated rings. The van der Waals surface area contributed by atoms with E-state index in [0.717, 1.165) is 17.5 Å². The minimum atomic E-state index is 0.411. The van der Waals surface area contributed by atoms with Crippen LogP contribution in [0, 0.1) is 6.92 Å². The van der Waals surface area contributed by atoms with Crippen LogP contribution in [0.2, 0.25) is 0 Å². The zero-order valence-corrected chi connectivity index (χ0v) is 9.17. The van der Waals surface area contributed by atoms with Gasteiger partial charge >= 0.3 is 0 Å². The number of phenolic OH excluding ortho intramolecular Hbond substituents is 1. The van der Waals surface area contributed by atoms with Crippen molar-refractivity contribution >= 4 is 0 Å². The summed E-state index contributed by atoms with van der Waals surface area (Å²) in [6.45, 7) is 9.94. The molecule has 1 rings (SSSR count). The molecule has 0 aromatic heterocycles. The Morgan fingerprint density at radius 2 is 2.07 bits per heavy atom. The van der Waals surface area contributed by atoms with Crippen molar-refractivity contribution in [3.63, 3.8) is 0 Å². The van der Waals surface area contributed by atoms with Crippen LogP contribution in [0.15, 0.2) is 24.8 Å². The molecule has 0 aliphatic rings. The van der Waals surface area contributed by atoms with E-state index in [1.165, 1.54) is 5.56 Å². The number of hydrogen-bond donors (Lipinski definition) is 1. The summed E-state index contributed by atoms with van der Waals surface area (Å²) in [6, 6.07) is 4.11. The minimum Gasteiger partial charge on any atom is -0.507 e. The van der Waals surface area contributed by atoms with Crippen molar-refractivity contribution in [2.45, 2.75) is 33.1 Å². The smallest absolute Gasteiger partial charge is 0.122 e. The van der Waals surface area contributed by atoms with Crippen LogP contribution in [0.5, 0.6) is 5.75 Å². The Kier molecular flexibility index (Phi) is 3.34. The predicted molar refractivity (Wildman–Crippen MR) is 60.8 cm³/mol. The zero-order valence-electron chi connectivity index (χ0n) is 9.17. The van der Waals surface area contributed by atoms with Gasteiger partial charge < -0.3 is 5.11 Å². The molecule has 0 spiro atoms. The van der Waals surface area contributed by atoms with Gasteiger partial charge in [0, 0.05) is 0 Å². The molecular formula is C13H18O. The Balaban J connectivity index is 3.20. The van der Waals surface area contributed by atoms with E-state index in [9.17, 15) is 5.11 Å². The summed E-state index contributed by atoms with van der Waals surface area (Å²) in [5.74, 6) is 0.909. The van der Waals surface area contributed by atoms with Crippen LogP contribution in [-0.4, -0.2) is 5.11 Å². The van der Waals surface area contributed by atoms with Gasteiger partial charge in [0.2, 0.25) is 0 Å². The molecule has 0 heterocycles. The van der Waals surface area contributed by atoms with E-state index in [4.69, 9.17) is 0 Å². The molecule has 0 unspecified atom stereocenters. The van der Waals surface area contributed by atoms with Crippen LogP contribution < -0.4 is 0 Å². The van der Waals surface area contributed by atoms with Crippen LogP contribution in [0.25, 0.3) is 0 Å². The molecule has 0 saturated carbocycles. The van der Waals surface area contributed by atoms with Gasteiger partial charge in [0.15, 0.2) is 0 Å².